The second kappa shape index (κ2) is 6.68. The van der Waals surface area contributed by atoms with Gasteiger partial charge >= 0.3 is 6.03 Å². The summed E-state index contributed by atoms with van der Waals surface area (Å²) < 4.78 is 13.5. The van der Waals surface area contributed by atoms with Gasteiger partial charge in [-0.05, 0) is 49.2 Å². The molecule has 6 heteroatoms. The van der Waals surface area contributed by atoms with Crippen LogP contribution in [0.5, 0.6) is 0 Å². The fourth-order valence-electron chi connectivity index (χ4n) is 4.08. The molecule has 2 fully saturated rings. The average molecular weight is 367 g/mol. The minimum absolute atomic E-state index is 0.0125. The van der Waals surface area contributed by atoms with E-state index in [-0.39, 0.29) is 23.2 Å². The number of nitrogens with zero attached hydrogens (tertiary/aromatic N) is 2. The lowest BCUT2D eigenvalue weighted by Crippen LogP contribution is -2.36. The number of amides is 3. The number of hydrogen-bond donors (Lipinski definition) is 1. The first kappa shape index (κ1) is 17.5. The number of benzene rings is 2. The molecule has 2 aromatic rings. The van der Waals surface area contributed by atoms with Crippen LogP contribution in [0, 0.1) is 18.2 Å². The number of nitrogens with one attached hydrogen (secondary N) is 1. The Kier molecular flexibility index (Phi) is 4.34. The highest BCUT2D eigenvalue weighted by Crippen LogP contribution is 2.42. The topological polar surface area (TPSA) is 52.7 Å². The zero-order valence-corrected chi connectivity index (χ0v) is 15.2. The van der Waals surface area contributed by atoms with Crippen molar-refractivity contribution in [2.45, 2.75) is 19.8 Å². The number of hydrogen-bond acceptors (Lipinski definition) is 2. The van der Waals surface area contributed by atoms with Crippen LogP contribution in [-0.4, -0.2) is 36.5 Å². The minimum Gasteiger partial charge on any atom is -0.324 e. The predicted octanol–water partition coefficient (Wildman–Crippen LogP) is 3.80. The van der Waals surface area contributed by atoms with E-state index in [9.17, 15) is 14.0 Å². The molecule has 2 aromatic carbocycles. The first-order valence-corrected chi connectivity index (χ1v) is 9.13. The molecule has 4 rings (SSSR count). The average Bonchev–Trinajstić information content (AvgIpc) is 3.18. The highest BCUT2D eigenvalue weighted by atomic mass is 19.1. The molecule has 1 atom stereocenters. The molecule has 2 aliphatic rings. The SMILES string of the molecule is Cc1cccc(NC(=O)N2CC[C@@]3(CC(=O)N(c4cccc(F)c4)C3)C2)c1. The first-order valence-electron chi connectivity index (χ1n) is 9.13. The molecule has 0 aliphatic carbocycles. The molecule has 2 aliphatic heterocycles. The maximum absolute atomic E-state index is 13.5. The van der Waals surface area contributed by atoms with Crippen LogP contribution >= 0.6 is 0 Å². The Morgan fingerprint density at radius 1 is 1.15 bits per heavy atom. The largest absolute Gasteiger partial charge is 0.324 e. The number of anilines is 2. The quantitative estimate of drug-likeness (QED) is 0.878. The van der Waals surface area contributed by atoms with Gasteiger partial charge in [0.1, 0.15) is 5.82 Å². The molecule has 3 amide bonds. The number of carbonyl (C=O) groups excluding carboxylic acids is 2. The van der Waals surface area contributed by atoms with E-state index in [4.69, 9.17) is 0 Å². The number of aryl methyl sites for hydroxylation is 1. The highest BCUT2D eigenvalue weighted by molar-refractivity contribution is 5.97. The molecule has 0 saturated carbocycles. The molecular weight excluding hydrogens is 345 g/mol. The Labute approximate surface area is 157 Å². The van der Waals surface area contributed by atoms with E-state index < -0.39 is 0 Å². The van der Waals surface area contributed by atoms with Gasteiger partial charge < -0.3 is 15.1 Å². The molecular formula is C21H22FN3O2. The molecule has 5 nitrogen and oxygen atoms in total. The lowest BCUT2D eigenvalue weighted by molar-refractivity contribution is -0.117. The van der Waals surface area contributed by atoms with Gasteiger partial charge in [0.05, 0.1) is 0 Å². The molecule has 0 aromatic heterocycles. The monoisotopic (exact) mass is 367 g/mol. The zero-order valence-electron chi connectivity index (χ0n) is 15.2. The van der Waals surface area contributed by atoms with Gasteiger partial charge in [0.25, 0.3) is 0 Å². The standard InChI is InChI=1S/C21H22FN3O2/c1-15-4-2-6-17(10-15)23-20(27)24-9-8-21(13-24)12-19(26)25(14-21)18-7-3-5-16(22)11-18/h2-7,10-11H,8-9,12-14H2,1H3,(H,23,27)/t21-/m1/s1. The summed E-state index contributed by atoms with van der Waals surface area (Å²) >= 11 is 0. The van der Waals surface area contributed by atoms with E-state index in [2.05, 4.69) is 5.32 Å². The van der Waals surface area contributed by atoms with Crippen LogP contribution in [0.25, 0.3) is 0 Å². The van der Waals surface area contributed by atoms with Crippen molar-refractivity contribution in [3.63, 3.8) is 0 Å². The maximum Gasteiger partial charge on any atom is 0.321 e. The van der Waals surface area contributed by atoms with E-state index in [0.717, 1.165) is 17.7 Å². The minimum atomic E-state index is -0.355. The molecule has 0 bridgehead atoms. The van der Waals surface area contributed by atoms with Crippen LogP contribution in [0.2, 0.25) is 0 Å². The molecule has 1 N–H and O–H groups in total. The lowest BCUT2D eigenvalue weighted by atomic mass is 9.86. The normalized spacial score (nSPS) is 21.9. The fourth-order valence-corrected chi connectivity index (χ4v) is 4.08. The van der Waals surface area contributed by atoms with Crippen molar-refractivity contribution in [1.82, 2.24) is 4.90 Å². The molecule has 27 heavy (non-hydrogen) atoms. The summed E-state index contributed by atoms with van der Waals surface area (Å²) in [6.45, 7) is 3.64. The van der Waals surface area contributed by atoms with E-state index in [1.165, 1.54) is 12.1 Å². The van der Waals surface area contributed by atoms with Gasteiger partial charge in [-0.3, -0.25) is 4.79 Å². The predicted molar refractivity (Wildman–Crippen MR) is 102 cm³/mol. The van der Waals surface area contributed by atoms with Gasteiger partial charge in [-0.15, -0.1) is 0 Å². The van der Waals surface area contributed by atoms with Crippen LogP contribution in [-0.2, 0) is 4.79 Å². The number of urea groups is 1. The molecule has 140 valence electrons. The van der Waals surface area contributed by atoms with E-state index in [1.54, 1.807) is 21.9 Å². The smallest absolute Gasteiger partial charge is 0.321 e. The second-order valence-corrected chi connectivity index (χ2v) is 7.61. The van der Waals surface area contributed by atoms with Crippen LogP contribution < -0.4 is 10.2 Å². The summed E-state index contributed by atoms with van der Waals surface area (Å²) in [5.74, 6) is -0.367. The van der Waals surface area contributed by atoms with Gasteiger partial charge in [0, 0.05) is 42.8 Å². The Balaban J connectivity index is 1.44. The summed E-state index contributed by atoms with van der Waals surface area (Å²) in [5.41, 5.74) is 2.18. The summed E-state index contributed by atoms with van der Waals surface area (Å²) in [6.07, 6.45) is 1.16. The van der Waals surface area contributed by atoms with Gasteiger partial charge in [0.2, 0.25) is 5.91 Å². The number of carbonyl (C=O) groups is 2. The molecule has 0 unspecified atom stereocenters. The van der Waals surface area contributed by atoms with Gasteiger partial charge in [-0.1, -0.05) is 18.2 Å². The van der Waals surface area contributed by atoms with Crippen molar-refractivity contribution < 1.29 is 14.0 Å². The van der Waals surface area contributed by atoms with E-state index >= 15 is 0 Å². The number of rotatable bonds is 2. The molecule has 2 saturated heterocycles. The first-order chi connectivity index (χ1) is 12.9. The van der Waals surface area contributed by atoms with Crippen molar-refractivity contribution in [2.24, 2.45) is 5.41 Å². The summed E-state index contributed by atoms with van der Waals surface area (Å²) in [5, 5.41) is 2.93. The third kappa shape index (κ3) is 3.52. The highest BCUT2D eigenvalue weighted by Gasteiger charge is 2.48. The second-order valence-electron chi connectivity index (χ2n) is 7.61. The van der Waals surface area contributed by atoms with E-state index in [1.807, 2.05) is 31.2 Å². The van der Waals surface area contributed by atoms with Gasteiger partial charge in [-0.2, -0.15) is 0 Å². The van der Waals surface area contributed by atoms with Gasteiger partial charge in [-0.25, -0.2) is 9.18 Å². The summed E-state index contributed by atoms with van der Waals surface area (Å²) in [6, 6.07) is 13.6. The Bertz CT molecular complexity index is 901. The van der Waals surface area contributed by atoms with Crippen molar-refractivity contribution in [2.75, 3.05) is 29.9 Å². The van der Waals surface area contributed by atoms with Crippen molar-refractivity contribution in [3.05, 3.63) is 59.9 Å². The Morgan fingerprint density at radius 2 is 1.96 bits per heavy atom. The third-order valence-electron chi connectivity index (χ3n) is 5.44. The Morgan fingerprint density at radius 3 is 2.74 bits per heavy atom. The van der Waals surface area contributed by atoms with Gasteiger partial charge in [0.15, 0.2) is 0 Å². The molecule has 2 heterocycles. The lowest BCUT2D eigenvalue weighted by Gasteiger charge is -2.24. The third-order valence-corrected chi connectivity index (χ3v) is 5.44. The van der Waals surface area contributed by atoms with Crippen LogP contribution in [0.3, 0.4) is 0 Å². The Hall–Kier alpha value is -2.89. The van der Waals surface area contributed by atoms with Crippen molar-refractivity contribution in [3.8, 4) is 0 Å². The van der Waals surface area contributed by atoms with E-state index in [0.29, 0.717) is 31.7 Å². The summed E-state index contributed by atoms with van der Waals surface area (Å²) in [4.78, 5) is 28.6. The van der Waals surface area contributed by atoms with Crippen LogP contribution in [0.1, 0.15) is 18.4 Å². The van der Waals surface area contributed by atoms with Crippen molar-refractivity contribution >= 4 is 23.3 Å². The van der Waals surface area contributed by atoms with Crippen LogP contribution in [0.15, 0.2) is 48.5 Å². The maximum atomic E-state index is 13.5. The van der Waals surface area contributed by atoms with Crippen LogP contribution in [0.4, 0.5) is 20.6 Å². The zero-order chi connectivity index (χ0) is 19.0. The fraction of sp³-hybridized carbons (Fsp3) is 0.333. The van der Waals surface area contributed by atoms with Crippen molar-refractivity contribution in [1.29, 1.82) is 0 Å². The molecule has 0 radical (unpaired) electrons. The summed E-state index contributed by atoms with van der Waals surface area (Å²) in [7, 11) is 0. The number of halogens is 1. The molecule has 1 spiro atoms. The number of likely N-dealkylation sites (tertiary alicyclic amines) is 1.